The van der Waals surface area contributed by atoms with Crippen LogP contribution in [0, 0.1) is 6.92 Å². The first kappa shape index (κ1) is 19.9. The van der Waals surface area contributed by atoms with Crippen molar-refractivity contribution >= 4 is 28.9 Å². The van der Waals surface area contributed by atoms with Crippen molar-refractivity contribution in [2.75, 3.05) is 25.6 Å². The highest BCUT2D eigenvalue weighted by molar-refractivity contribution is 7.80. The fourth-order valence-electron chi connectivity index (χ4n) is 2.47. The Labute approximate surface area is 159 Å². The van der Waals surface area contributed by atoms with Gasteiger partial charge in [0.2, 0.25) is 0 Å². The van der Waals surface area contributed by atoms with Crippen LogP contribution < -0.4 is 15.4 Å². The molecule has 2 aromatic rings. The molecule has 0 aliphatic carbocycles. The topological polar surface area (TPSA) is 59.6 Å². The van der Waals surface area contributed by atoms with Crippen LogP contribution in [0.25, 0.3) is 0 Å². The van der Waals surface area contributed by atoms with E-state index in [-0.39, 0.29) is 11.0 Å². The summed E-state index contributed by atoms with van der Waals surface area (Å²) in [6, 6.07) is 13.0. The molecule has 2 rings (SSSR count). The second kappa shape index (κ2) is 9.89. The number of para-hydroxylation sites is 1. The van der Waals surface area contributed by atoms with E-state index in [0.717, 1.165) is 23.2 Å². The van der Waals surface area contributed by atoms with E-state index in [4.69, 9.17) is 21.7 Å². The molecule has 5 nitrogen and oxygen atoms in total. The molecule has 0 fully saturated rings. The lowest BCUT2D eigenvalue weighted by molar-refractivity contribution is 0.0977. The molecule has 0 aromatic heterocycles. The van der Waals surface area contributed by atoms with Crippen LogP contribution >= 0.6 is 12.2 Å². The predicted molar refractivity (Wildman–Crippen MR) is 108 cm³/mol. The van der Waals surface area contributed by atoms with Crippen LogP contribution in [0.3, 0.4) is 0 Å². The second-order valence-electron chi connectivity index (χ2n) is 5.74. The van der Waals surface area contributed by atoms with E-state index in [1.165, 1.54) is 0 Å². The van der Waals surface area contributed by atoms with Gasteiger partial charge in [0.25, 0.3) is 5.91 Å². The number of anilines is 1. The summed E-state index contributed by atoms with van der Waals surface area (Å²) in [6.45, 7) is 5.07. The van der Waals surface area contributed by atoms with Gasteiger partial charge in [-0.3, -0.25) is 10.1 Å². The number of rotatable bonds is 7. The van der Waals surface area contributed by atoms with E-state index < -0.39 is 0 Å². The lowest BCUT2D eigenvalue weighted by Crippen LogP contribution is -2.34. The molecule has 26 heavy (non-hydrogen) atoms. The number of carbonyl (C=O) groups is 1. The Kier molecular flexibility index (Phi) is 7.56. The summed E-state index contributed by atoms with van der Waals surface area (Å²) < 4.78 is 10.4. The molecule has 2 N–H and O–H groups in total. The lowest BCUT2D eigenvalue weighted by Gasteiger charge is -2.15. The molecule has 0 saturated carbocycles. The first-order valence-electron chi connectivity index (χ1n) is 8.47. The van der Waals surface area contributed by atoms with Gasteiger partial charge >= 0.3 is 0 Å². The number of thiocarbonyl (C=S) groups is 1. The molecule has 1 amide bonds. The van der Waals surface area contributed by atoms with Crippen molar-refractivity contribution in [3.8, 4) is 5.75 Å². The quantitative estimate of drug-likeness (QED) is 0.573. The van der Waals surface area contributed by atoms with Crippen molar-refractivity contribution in [1.29, 1.82) is 0 Å². The zero-order valence-corrected chi connectivity index (χ0v) is 16.1. The van der Waals surface area contributed by atoms with Crippen molar-refractivity contribution in [2.24, 2.45) is 0 Å². The van der Waals surface area contributed by atoms with Gasteiger partial charge in [0.15, 0.2) is 5.11 Å². The Morgan fingerprint density at radius 2 is 1.85 bits per heavy atom. The van der Waals surface area contributed by atoms with Crippen LogP contribution in [-0.2, 0) is 11.2 Å². The number of amides is 1. The predicted octanol–water partition coefficient (Wildman–Crippen LogP) is 3.71. The van der Waals surface area contributed by atoms with E-state index in [0.29, 0.717) is 24.5 Å². The number of hydrogen-bond acceptors (Lipinski definition) is 4. The first-order valence-corrected chi connectivity index (χ1v) is 8.88. The van der Waals surface area contributed by atoms with Crippen molar-refractivity contribution < 1.29 is 14.3 Å². The standard InChI is InChI=1S/C20H24N2O3S/c1-4-15-7-5-6-14(2)18(15)21-20(26)22-19(23)16-8-10-17(11-9-16)25-13-12-24-3/h5-11H,4,12-13H2,1-3H3,(H2,21,22,23,26). The molecule has 0 bridgehead atoms. The van der Waals surface area contributed by atoms with Crippen molar-refractivity contribution in [3.63, 3.8) is 0 Å². The summed E-state index contributed by atoms with van der Waals surface area (Å²) in [4.78, 5) is 12.4. The minimum atomic E-state index is -0.266. The van der Waals surface area contributed by atoms with Crippen LogP contribution in [0.15, 0.2) is 42.5 Å². The van der Waals surface area contributed by atoms with Crippen molar-refractivity contribution in [3.05, 3.63) is 59.2 Å². The summed E-state index contributed by atoms with van der Waals surface area (Å²) >= 11 is 5.29. The Morgan fingerprint density at radius 3 is 2.50 bits per heavy atom. The molecular weight excluding hydrogens is 348 g/mol. The van der Waals surface area contributed by atoms with Gasteiger partial charge in [0.05, 0.1) is 6.61 Å². The Morgan fingerprint density at radius 1 is 1.12 bits per heavy atom. The third-order valence-corrected chi connectivity index (χ3v) is 4.08. The van der Waals surface area contributed by atoms with Gasteiger partial charge in [-0.1, -0.05) is 25.1 Å². The highest BCUT2D eigenvalue weighted by Gasteiger charge is 2.11. The normalized spacial score (nSPS) is 10.3. The van der Waals surface area contributed by atoms with Crippen LogP contribution in [0.1, 0.15) is 28.4 Å². The number of ether oxygens (including phenoxy) is 2. The van der Waals surface area contributed by atoms with Crippen molar-refractivity contribution in [2.45, 2.75) is 20.3 Å². The minimum Gasteiger partial charge on any atom is -0.491 e. The van der Waals surface area contributed by atoms with Gasteiger partial charge in [-0.05, 0) is 61.0 Å². The largest absolute Gasteiger partial charge is 0.491 e. The van der Waals surface area contributed by atoms with E-state index in [9.17, 15) is 4.79 Å². The second-order valence-corrected chi connectivity index (χ2v) is 6.14. The molecule has 138 valence electrons. The molecule has 0 saturated heterocycles. The summed E-state index contributed by atoms with van der Waals surface area (Å²) in [5.74, 6) is 0.421. The maximum atomic E-state index is 12.4. The maximum Gasteiger partial charge on any atom is 0.257 e. The average molecular weight is 372 g/mol. The van der Waals surface area contributed by atoms with Gasteiger partial charge < -0.3 is 14.8 Å². The minimum absolute atomic E-state index is 0.266. The van der Waals surface area contributed by atoms with Crippen LogP contribution in [-0.4, -0.2) is 31.3 Å². The number of benzene rings is 2. The van der Waals surface area contributed by atoms with E-state index in [1.54, 1.807) is 31.4 Å². The highest BCUT2D eigenvalue weighted by atomic mass is 32.1. The van der Waals surface area contributed by atoms with Gasteiger partial charge in [-0.2, -0.15) is 0 Å². The molecule has 0 aliphatic rings. The number of aryl methyl sites for hydroxylation is 2. The summed E-state index contributed by atoms with van der Waals surface area (Å²) in [5.41, 5.74) is 3.69. The van der Waals surface area contributed by atoms with Gasteiger partial charge in [-0.25, -0.2) is 0 Å². The fraction of sp³-hybridized carbons (Fsp3) is 0.300. The average Bonchev–Trinajstić information content (AvgIpc) is 2.64. The molecule has 0 unspecified atom stereocenters. The summed E-state index contributed by atoms with van der Waals surface area (Å²) in [7, 11) is 1.62. The number of hydrogen-bond donors (Lipinski definition) is 2. The highest BCUT2D eigenvalue weighted by Crippen LogP contribution is 2.21. The van der Waals surface area contributed by atoms with E-state index in [2.05, 4.69) is 17.6 Å². The van der Waals surface area contributed by atoms with Crippen LogP contribution in [0.4, 0.5) is 5.69 Å². The van der Waals surface area contributed by atoms with Gasteiger partial charge in [0.1, 0.15) is 12.4 Å². The first-order chi connectivity index (χ1) is 12.5. The number of nitrogens with one attached hydrogen (secondary N) is 2. The molecule has 6 heteroatoms. The van der Waals surface area contributed by atoms with Gasteiger partial charge in [0, 0.05) is 18.4 Å². The van der Waals surface area contributed by atoms with Gasteiger partial charge in [-0.15, -0.1) is 0 Å². The Hall–Kier alpha value is -2.44. The SMILES string of the molecule is CCc1cccc(C)c1NC(=S)NC(=O)c1ccc(OCCOC)cc1. The molecular formula is C20H24N2O3S. The fourth-order valence-corrected chi connectivity index (χ4v) is 2.66. The molecule has 0 atom stereocenters. The third-order valence-electron chi connectivity index (χ3n) is 3.88. The molecule has 0 radical (unpaired) electrons. The monoisotopic (exact) mass is 372 g/mol. The maximum absolute atomic E-state index is 12.4. The number of methoxy groups -OCH3 is 1. The zero-order valence-electron chi connectivity index (χ0n) is 15.3. The summed E-state index contributed by atoms with van der Waals surface area (Å²) in [6.07, 6.45) is 0.880. The van der Waals surface area contributed by atoms with Crippen molar-refractivity contribution in [1.82, 2.24) is 5.32 Å². The third kappa shape index (κ3) is 5.54. The Bertz CT molecular complexity index is 760. The Balaban J connectivity index is 1.96. The van der Waals surface area contributed by atoms with Crippen LogP contribution in [0.5, 0.6) is 5.75 Å². The smallest absolute Gasteiger partial charge is 0.257 e. The molecule has 2 aromatic carbocycles. The molecule has 0 spiro atoms. The molecule has 0 heterocycles. The lowest BCUT2D eigenvalue weighted by atomic mass is 10.1. The molecule has 0 aliphatic heterocycles. The van der Waals surface area contributed by atoms with Crippen LogP contribution in [0.2, 0.25) is 0 Å². The van der Waals surface area contributed by atoms with E-state index >= 15 is 0 Å². The zero-order chi connectivity index (χ0) is 18.9. The number of carbonyl (C=O) groups excluding carboxylic acids is 1. The summed E-state index contributed by atoms with van der Waals surface area (Å²) in [5, 5.41) is 6.13. The van der Waals surface area contributed by atoms with E-state index in [1.807, 2.05) is 25.1 Å².